The fourth-order valence-electron chi connectivity index (χ4n) is 2.73. The first-order valence-electron chi connectivity index (χ1n) is 7.97. The summed E-state index contributed by atoms with van der Waals surface area (Å²) in [5.74, 6) is 0.818. The highest BCUT2D eigenvalue weighted by Crippen LogP contribution is 2.23. The molecule has 1 aromatic carbocycles. The van der Waals surface area contributed by atoms with Crippen LogP contribution in [-0.2, 0) is 4.79 Å². The van der Waals surface area contributed by atoms with Crippen molar-refractivity contribution < 1.29 is 9.53 Å². The van der Waals surface area contributed by atoms with Gasteiger partial charge in [0.1, 0.15) is 5.75 Å². The number of amides is 1. The summed E-state index contributed by atoms with van der Waals surface area (Å²) >= 11 is 0. The van der Waals surface area contributed by atoms with Crippen molar-refractivity contribution in [3.05, 3.63) is 24.3 Å². The van der Waals surface area contributed by atoms with E-state index in [0.29, 0.717) is 0 Å². The zero-order valence-electron chi connectivity index (χ0n) is 13.1. The van der Waals surface area contributed by atoms with Gasteiger partial charge >= 0.3 is 0 Å². The van der Waals surface area contributed by atoms with Crippen LogP contribution in [0, 0.1) is 0 Å². The van der Waals surface area contributed by atoms with Gasteiger partial charge in [-0.25, -0.2) is 0 Å². The molecular weight excluding hydrogens is 264 g/mol. The molecule has 1 saturated heterocycles. The first kappa shape index (κ1) is 15.8. The Bertz CT molecular complexity index is 445. The second-order valence-corrected chi connectivity index (χ2v) is 5.66. The summed E-state index contributed by atoms with van der Waals surface area (Å²) in [6.45, 7) is 6.01. The number of hydrogen-bond acceptors (Lipinski definition) is 3. The van der Waals surface area contributed by atoms with Crippen LogP contribution >= 0.6 is 0 Å². The SMILES string of the molecule is CCCCCN1CCCC1Oc1ccc(NC(C)=O)cc1. The monoisotopic (exact) mass is 290 g/mol. The molecule has 1 heterocycles. The lowest BCUT2D eigenvalue weighted by Gasteiger charge is -2.25. The van der Waals surface area contributed by atoms with Gasteiger partial charge in [-0.15, -0.1) is 0 Å². The molecule has 1 amide bonds. The van der Waals surface area contributed by atoms with Gasteiger partial charge in [-0.05, 0) is 43.5 Å². The minimum absolute atomic E-state index is 0.0541. The average Bonchev–Trinajstić information content (AvgIpc) is 2.88. The van der Waals surface area contributed by atoms with E-state index in [1.54, 1.807) is 0 Å². The number of ether oxygens (including phenoxy) is 1. The van der Waals surface area contributed by atoms with Crippen LogP contribution in [-0.4, -0.2) is 30.1 Å². The second kappa shape index (κ2) is 8.03. The van der Waals surface area contributed by atoms with Crippen molar-refractivity contribution in [1.29, 1.82) is 0 Å². The second-order valence-electron chi connectivity index (χ2n) is 5.66. The van der Waals surface area contributed by atoms with E-state index in [0.717, 1.165) is 30.9 Å². The Kier molecular flexibility index (Phi) is 6.05. The Labute approximate surface area is 127 Å². The third-order valence-electron chi connectivity index (χ3n) is 3.80. The number of rotatable bonds is 7. The quantitative estimate of drug-likeness (QED) is 0.780. The first-order valence-corrected chi connectivity index (χ1v) is 7.97. The number of hydrogen-bond donors (Lipinski definition) is 1. The summed E-state index contributed by atoms with van der Waals surface area (Å²) < 4.78 is 6.09. The average molecular weight is 290 g/mol. The van der Waals surface area contributed by atoms with Crippen molar-refractivity contribution in [3.63, 3.8) is 0 Å². The Morgan fingerprint density at radius 1 is 1.33 bits per heavy atom. The fourth-order valence-corrected chi connectivity index (χ4v) is 2.73. The van der Waals surface area contributed by atoms with Gasteiger partial charge in [-0.1, -0.05) is 19.8 Å². The smallest absolute Gasteiger partial charge is 0.221 e. The van der Waals surface area contributed by atoms with Gasteiger partial charge in [0.2, 0.25) is 5.91 Å². The molecule has 1 atom stereocenters. The van der Waals surface area contributed by atoms with Gasteiger partial charge in [0, 0.05) is 25.7 Å². The van der Waals surface area contributed by atoms with Gasteiger partial charge in [-0.2, -0.15) is 0 Å². The molecule has 0 radical (unpaired) electrons. The maximum atomic E-state index is 11.0. The van der Waals surface area contributed by atoms with Crippen molar-refractivity contribution in [2.24, 2.45) is 0 Å². The van der Waals surface area contributed by atoms with E-state index < -0.39 is 0 Å². The van der Waals surface area contributed by atoms with E-state index in [-0.39, 0.29) is 12.1 Å². The molecule has 21 heavy (non-hydrogen) atoms. The number of unbranched alkanes of at least 4 members (excludes halogenated alkanes) is 2. The van der Waals surface area contributed by atoms with E-state index >= 15 is 0 Å². The van der Waals surface area contributed by atoms with E-state index in [2.05, 4.69) is 17.1 Å². The molecule has 1 N–H and O–H groups in total. The van der Waals surface area contributed by atoms with Crippen LogP contribution in [0.2, 0.25) is 0 Å². The molecule has 0 aromatic heterocycles. The van der Waals surface area contributed by atoms with Gasteiger partial charge in [-0.3, -0.25) is 9.69 Å². The molecule has 1 unspecified atom stereocenters. The van der Waals surface area contributed by atoms with Gasteiger partial charge in [0.15, 0.2) is 6.23 Å². The number of likely N-dealkylation sites (tertiary alicyclic amines) is 1. The number of anilines is 1. The van der Waals surface area contributed by atoms with E-state index in [1.165, 1.54) is 32.6 Å². The maximum Gasteiger partial charge on any atom is 0.221 e. The molecule has 1 aromatic rings. The Hall–Kier alpha value is -1.55. The molecule has 2 rings (SSSR count). The van der Waals surface area contributed by atoms with Gasteiger partial charge in [0.05, 0.1) is 0 Å². The lowest BCUT2D eigenvalue weighted by molar-refractivity contribution is -0.114. The van der Waals surface area contributed by atoms with Crippen LogP contribution in [0.1, 0.15) is 46.0 Å². The molecule has 4 nitrogen and oxygen atoms in total. The summed E-state index contributed by atoms with van der Waals surface area (Å²) in [6.07, 6.45) is 6.30. The van der Waals surface area contributed by atoms with Gasteiger partial charge < -0.3 is 10.1 Å². The summed E-state index contributed by atoms with van der Waals surface area (Å²) in [4.78, 5) is 13.4. The highest BCUT2D eigenvalue weighted by molar-refractivity contribution is 5.88. The topological polar surface area (TPSA) is 41.6 Å². The first-order chi connectivity index (χ1) is 10.2. The van der Waals surface area contributed by atoms with Crippen molar-refractivity contribution in [1.82, 2.24) is 4.90 Å². The summed E-state index contributed by atoms with van der Waals surface area (Å²) in [5.41, 5.74) is 0.807. The third kappa shape index (κ3) is 5.05. The van der Waals surface area contributed by atoms with Crippen molar-refractivity contribution in [3.8, 4) is 5.75 Å². The van der Waals surface area contributed by atoms with E-state index in [9.17, 15) is 4.79 Å². The van der Waals surface area contributed by atoms with Crippen LogP contribution in [0.25, 0.3) is 0 Å². The third-order valence-corrected chi connectivity index (χ3v) is 3.80. The molecule has 0 aliphatic carbocycles. The molecule has 4 heteroatoms. The maximum absolute atomic E-state index is 11.0. The molecule has 1 aliphatic rings. The highest BCUT2D eigenvalue weighted by atomic mass is 16.5. The summed E-state index contributed by atoms with van der Waals surface area (Å²) in [5, 5.41) is 2.76. The lowest BCUT2D eigenvalue weighted by Crippen LogP contribution is -2.34. The molecule has 1 fully saturated rings. The molecular formula is C17H26N2O2. The molecule has 0 bridgehead atoms. The number of carbonyl (C=O) groups excluding carboxylic acids is 1. The van der Waals surface area contributed by atoms with Crippen molar-refractivity contribution >= 4 is 11.6 Å². The zero-order chi connectivity index (χ0) is 15.1. The summed E-state index contributed by atoms with van der Waals surface area (Å²) in [7, 11) is 0. The molecule has 0 saturated carbocycles. The van der Waals surface area contributed by atoms with Gasteiger partial charge in [0.25, 0.3) is 0 Å². The zero-order valence-corrected chi connectivity index (χ0v) is 13.1. The number of carbonyl (C=O) groups is 1. The Morgan fingerprint density at radius 3 is 2.76 bits per heavy atom. The lowest BCUT2D eigenvalue weighted by atomic mass is 10.2. The predicted molar refractivity (Wildman–Crippen MR) is 85.5 cm³/mol. The molecule has 1 aliphatic heterocycles. The number of nitrogens with zero attached hydrogens (tertiary/aromatic N) is 1. The van der Waals surface area contributed by atoms with Crippen LogP contribution in [0.5, 0.6) is 5.75 Å². The van der Waals surface area contributed by atoms with Crippen LogP contribution in [0.4, 0.5) is 5.69 Å². The van der Waals surface area contributed by atoms with Crippen LogP contribution in [0.15, 0.2) is 24.3 Å². The standard InChI is InChI=1S/C17H26N2O2/c1-3-4-5-12-19-13-6-7-17(19)21-16-10-8-15(9-11-16)18-14(2)20/h8-11,17H,3-7,12-13H2,1-2H3,(H,18,20). The number of nitrogens with one attached hydrogen (secondary N) is 1. The van der Waals surface area contributed by atoms with Crippen LogP contribution < -0.4 is 10.1 Å². The predicted octanol–water partition coefficient (Wildman–Crippen LogP) is 3.64. The fraction of sp³-hybridized carbons (Fsp3) is 0.588. The Balaban J connectivity index is 1.86. The van der Waals surface area contributed by atoms with Crippen LogP contribution in [0.3, 0.4) is 0 Å². The minimum atomic E-state index is -0.0541. The highest BCUT2D eigenvalue weighted by Gasteiger charge is 2.25. The molecule has 116 valence electrons. The Morgan fingerprint density at radius 2 is 2.10 bits per heavy atom. The van der Waals surface area contributed by atoms with E-state index in [1.807, 2.05) is 24.3 Å². The minimum Gasteiger partial charge on any atom is -0.475 e. The largest absolute Gasteiger partial charge is 0.475 e. The van der Waals surface area contributed by atoms with Crippen molar-refractivity contribution in [2.75, 3.05) is 18.4 Å². The normalized spacial score (nSPS) is 18.7. The molecule has 0 spiro atoms. The number of benzene rings is 1. The van der Waals surface area contributed by atoms with Crippen molar-refractivity contribution in [2.45, 2.75) is 52.2 Å². The van der Waals surface area contributed by atoms with E-state index in [4.69, 9.17) is 4.74 Å². The summed E-state index contributed by atoms with van der Waals surface area (Å²) in [6, 6.07) is 7.61.